The van der Waals surface area contributed by atoms with Crippen LogP contribution in [0.15, 0.2) is 35.1 Å². The average Bonchev–Trinajstić information content (AvgIpc) is 3.01. The number of carbonyl (C=O) groups is 1. The molecule has 7 nitrogen and oxygen atoms in total. The lowest BCUT2D eigenvalue weighted by molar-refractivity contribution is -0.134. The summed E-state index contributed by atoms with van der Waals surface area (Å²) in [5.41, 5.74) is 1.17. The van der Waals surface area contributed by atoms with Crippen molar-refractivity contribution >= 4 is 5.91 Å². The van der Waals surface area contributed by atoms with Crippen LogP contribution in [-0.4, -0.2) is 46.4 Å². The normalized spacial score (nSPS) is 16.7. The van der Waals surface area contributed by atoms with E-state index in [0.29, 0.717) is 37.0 Å². The number of aromatic nitrogens is 2. The number of benzene rings is 1. The summed E-state index contributed by atoms with van der Waals surface area (Å²) < 4.78 is 12.7. The summed E-state index contributed by atoms with van der Waals surface area (Å²) in [5.74, 6) is 1.34. The van der Waals surface area contributed by atoms with E-state index >= 15 is 0 Å². The summed E-state index contributed by atoms with van der Waals surface area (Å²) in [7, 11) is 0. The molecule has 1 amide bonds. The molecule has 7 heteroatoms. The molecular formula is C23H29N3O4. The van der Waals surface area contributed by atoms with Gasteiger partial charge in [0.05, 0.1) is 18.9 Å². The van der Waals surface area contributed by atoms with Crippen LogP contribution in [0.1, 0.15) is 45.4 Å². The first-order valence-corrected chi connectivity index (χ1v) is 10.9. The Labute approximate surface area is 176 Å². The topological polar surface area (TPSA) is 73.7 Å². The van der Waals surface area contributed by atoms with Gasteiger partial charge < -0.3 is 14.4 Å². The number of likely N-dealkylation sites (N-methyl/N-ethyl adjacent to an activating group) is 1. The van der Waals surface area contributed by atoms with E-state index in [1.807, 2.05) is 30.0 Å². The molecule has 2 aromatic rings. The number of rotatable bonds is 5. The molecule has 1 aromatic carbocycles. The Morgan fingerprint density at radius 2 is 1.83 bits per heavy atom. The lowest BCUT2D eigenvalue weighted by Gasteiger charge is -2.33. The molecule has 0 atom stereocenters. The fraction of sp³-hybridized carbons (Fsp3) is 0.522. The lowest BCUT2D eigenvalue weighted by Crippen LogP contribution is -2.44. The first-order valence-electron chi connectivity index (χ1n) is 10.9. The highest BCUT2D eigenvalue weighted by Gasteiger charge is 2.24. The van der Waals surface area contributed by atoms with Gasteiger partial charge in [0.2, 0.25) is 5.91 Å². The maximum atomic E-state index is 13.0. The van der Waals surface area contributed by atoms with Crippen molar-refractivity contribution in [3.63, 3.8) is 0 Å². The van der Waals surface area contributed by atoms with Crippen LogP contribution >= 0.6 is 0 Å². The minimum Gasteiger partial charge on any atom is -0.490 e. The summed E-state index contributed by atoms with van der Waals surface area (Å²) >= 11 is 0. The Morgan fingerprint density at radius 1 is 1.07 bits per heavy atom. The van der Waals surface area contributed by atoms with Crippen molar-refractivity contribution in [2.45, 2.75) is 58.0 Å². The number of amides is 1. The molecule has 0 spiro atoms. The first kappa shape index (κ1) is 20.4. The summed E-state index contributed by atoms with van der Waals surface area (Å²) in [4.78, 5) is 27.3. The van der Waals surface area contributed by atoms with Crippen molar-refractivity contribution in [1.82, 2.24) is 14.7 Å². The molecule has 0 unspecified atom stereocenters. The molecule has 1 aliphatic carbocycles. The Hall–Kier alpha value is -2.83. The van der Waals surface area contributed by atoms with Gasteiger partial charge in [-0.05, 0) is 44.0 Å². The van der Waals surface area contributed by atoms with Crippen LogP contribution in [0.25, 0.3) is 11.3 Å². The van der Waals surface area contributed by atoms with Crippen LogP contribution in [-0.2, 0) is 11.3 Å². The Bertz CT molecular complexity index is 950. The molecule has 4 rings (SSSR count). The van der Waals surface area contributed by atoms with Crippen LogP contribution in [0, 0.1) is 0 Å². The highest BCUT2D eigenvalue weighted by Crippen LogP contribution is 2.33. The molecule has 160 valence electrons. The van der Waals surface area contributed by atoms with Gasteiger partial charge in [-0.1, -0.05) is 19.3 Å². The van der Waals surface area contributed by atoms with Crippen LogP contribution in [0.4, 0.5) is 0 Å². The molecule has 1 saturated carbocycles. The summed E-state index contributed by atoms with van der Waals surface area (Å²) in [5, 5.41) is 4.48. The highest BCUT2D eigenvalue weighted by molar-refractivity contribution is 5.76. The summed E-state index contributed by atoms with van der Waals surface area (Å²) in [6.45, 7) is 3.84. The number of ether oxygens (including phenoxy) is 2. The van der Waals surface area contributed by atoms with E-state index in [9.17, 15) is 9.59 Å². The SMILES string of the molecule is CCN(C(=O)Cn1nc(-c2ccc3c(c2)OCCCO3)ccc1=O)C1CCCCC1. The highest BCUT2D eigenvalue weighted by atomic mass is 16.5. The van der Waals surface area contributed by atoms with E-state index in [1.165, 1.54) is 17.2 Å². The van der Waals surface area contributed by atoms with Crippen molar-refractivity contribution < 1.29 is 14.3 Å². The number of hydrogen-bond donors (Lipinski definition) is 0. The maximum Gasteiger partial charge on any atom is 0.267 e. The van der Waals surface area contributed by atoms with Gasteiger partial charge in [0, 0.05) is 30.6 Å². The van der Waals surface area contributed by atoms with Gasteiger partial charge >= 0.3 is 0 Å². The van der Waals surface area contributed by atoms with Crippen molar-refractivity contribution in [3.05, 3.63) is 40.7 Å². The Kier molecular flexibility index (Phi) is 6.35. The molecule has 0 N–H and O–H groups in total. The molecule has 2 aliphatic rings. The molecule has 1 aromatic heterocycles. The van der Waals surface area contributed by atoms with Crippen LogP contribution in [0.5, 0.6) is 11.5 Å². The number of hydrogen-bond acceptors (Lipinski definition) is 5. The Morgan fingerprint density at radius 3 is 2.60 bits per heavy atom. The standard InChI is InChI=1S/C23H29N3O4/c1-2-25(18-7-4-3-5-8-18)23(28)16-26-22(27)12-10-19(24-26)17-9-11-20-21(15-17)30-14-6-13-29-20/h9-12,15,18H,2-8,13-14,16H2,1H3. The number of carbonyl (C=O) groups excluding carboxylic acids is 1. The molecule has 2 heterocycles. The minimum absolute atomic E-state index is 0.0401. The van der Waals surface area contributed by atoms with Gasteiger partial charge in [-0.2, -0.15) is 5.10 Å². The van der Waals surface area contributed by atoms with E-state index in [4.69, 9.17) is 9.47 Å². The average molecular weight is 412 g/mol. The van der Waals surface area contributed by atoms with E-state index in [2.05, 4.69) is 5.10 Å². The maximum absolute atomic E-state index is 13.0. The van der Waals surface area contributed by atoms with Gasteiger partial charge in [0.1, 0.15) is 6.54 Å². The van der Waals surface area contributed by atoms with Crippen LogP contribution in [0.3, 0.4) is 0 Å². The monoisotopic (exact) mass is 411 g/mol. The zero-order valence-electron chi connectivity index (χ0n) is 17.5. The summed E-state index contributed by atoms with van der Waals surface area (Å²) in [6, 6.07) is 9.06. The van der Waals surface area contributed by atoms with Gasteiger partial charge in [-0.15, -0.1) is 0 Å². The first-order chi connectivity index (χ1) is 14.7. The van der Waals surface area contributed by atoms with Gasteiger partial charge in [-0.3, -0.25) is 9.59 Å². The second kappa shape index (κ2) is 9.32. The van der Waals surface area contributed by atoms with Crippen LogP contribution < -0.4 is 15.0 Å². The fourth-order valence-electron chi connectivity index (χ4n) is 4.29. The number of nitrogens with zero attached hydrogens (tertiary/aromatic N) is 3. The second-order valence-electron chi connectivity index (χ2n) is 7.90. The quantitative estimate of drug-likeness (QED) is 0.755. The molecule has 0 bridgehead atoms. The molecule has 30 heavy (non-hydrogen) atoms. The third-order valence-electron chi connectivity index (χ3n) is 5.87. The molecule has 0 radical (unpaired) electrons. The molecule has 1 aliphatic heterocycles. The zero-order valence-corrected chi connectivity index (χ0v) is 17.5. The van der Waals surface area contributed by atoms with Gasteiger partial charge in [0.25, 0.3) is 5.56 Å². The third-order valence-corrected chi connectivity index (χ3v) is 5.87. The predicted octanol–water partition coefficient (Wildman–Crippen LogP) is 3.25. The van der Waals surface area contributed by atoms with Crippen molar-refractivity contribution in [2.75, 3.05) is 19.8 Å². The summed E-state index contributed by atoms with van der Waals surface area (Å²) in [6.07, 6.45) is 6.47. The van der Waals surface area contributed by atoms with E-state index in [0.717, 1.165) is 37.7 Å². The Balaban J connectivity index is 1.55. The predicted molar refractivity (Wildman–Crippen MR) is 114 cm³/mol. The largest absolute Gasteiger partial charge is 0.490 e. The fourth-order valence-corrected chi connectivity index (χ4v) is 4.29. The molecular weight excluding hydrogens is 382 g/mol. The van der Waals surface area contributed by atoms with Gasteiger partial charge in [-0.25, -0.2) is 4.68 Å². The van der Waals surface area contributed by atoms with Crippen molar-refractivity contribution in [3.8, 4) is 22.8 Å². The molecule has 0 saturated heterocycles. The van der Waals surface area contributed by atoms with E-state index in [1.54, 1.807) is 6.07 Å². The zero-order chi connectivity index (χ0) is 20.9. The minimum atomic E-state index is -0.277. The lowest BCUT2D eigenvalue weighted by atomic mass is 9.94. The number of fused-ring (bicyclic) bond motifs is 1. The van der Waals surface area contributed by atoms with Crippen molar-refractivity contribution in [2.24, 2.45) is 0 Å². The smallest absolute Gasteiger partial charge is 0.267 e. The molecule has 1 fully saturated rings. The van der Waals surface area contributed by atoms with Crippen LogP contribution in [0.2, 0.25) is 0 Å². The van der Waals surface area contributed by atoms with Crippen molar-refractivity contribution in [1.29, 1.82) is 0 Å². The van der Waals surface area contributed by atoms with E-state index < -0.39 is 0 Å². The van der Waals surface area contributed by atoms with E-state index in [-0.39, 0.29) is 24.1 Å². The van der Waals surface area contributed by atoms with Gasteiger partial charge in [0.15, 0.2) is 11.5 Å². The second-order valence-corrected chi connectivity index (χ2v) is 7.90. The third kappa shape index (κ3) is 4.50.